The number of piperidine rings is 1. The van der Waals surface area contributed by atoms with E-state index in [0.29, 0.717) is 37.8 Å². The van der Waals surface area contributed by atoms with Crippen LogP contribution in [0.25, 0.3) is 0 Å². The van der Waals surface area contributed by atoms with Crippen molar-refractivity contribution in [3.63, 3.8) is 0 Å². The van der Waals surface area contributed by atoms with E-state index in [9.17, 15) is 13.2 Å². The van der Waals surface area contributed by atoms with Crippen LogP contribution in [0.1, 0.15) is 59.5 Å². The first-order valence-electron chi connectivity index (χ1n) is 15.6. The molecule has 1 N–H and O–H groups in total. The zero-order chi connectivity index (χ0) is 30.4. The molecule has 3 atom stereocenters. The molecule has 3 unspecified atom stereocenters. The molecule has 2 aliphatic heterocycles. The molecule has 0 radical (unpaired) electrons. The number of alkyl halides is 3. The van der Waals surface area contributed by atoms with E-state index in [2.05, 4.69) is 34.5 Å². The van der Waals surface area contributed by atoms with Gasteiger partial charge in [0, 0.05) is 18.2 Å². The SMILES string of the molecule is FC(F)(F)c1ccc(N2C(OCc3ccccc3)Cc3ccccc3C2Cc2ccc(OCCC3CCCCN3)cc2)cc1. The molecule has 0 saturated carbocycles. The van der Waals surface area contributed by atoms with Gasteiger partial charge in [-0.3, -0.25) is 0 Å². The van der Waals surface area contributed by atoms with Gasteiger partial charge in [0.2, 0.25) is 0 Å². The van der Waals surface area contributed by atoms with E-state index >= 15 is 0 Å². The minimum atomic E-state index is -4.40. The van der Waals surface area contributed by atoms with E-state index in [1.54, 1.807) is 12.1 Å². The Bertz CT molecular complexity index is 1470. The largest absolute Gasteiger partial charge is 0.494 e. The summed E-state index contributed by atoms with van der Waals surface area (Å²) < 4.78 is 53.0. The molecule has 0 aromatic heterocycles. The summed E-state index contributed by atoms with van der Waals surface area (Å²) in [5.41, 5.74) is 4.55. The van der Waals surface area contributed by atoms with Gasteiger partial charge in [-0.05, 0) is 90.9 Å². The van der Waals surface area contributed by atoms with Gasteiger partial charge in [-0.15, -0.1) is 0 Å². The van der Waals surface area contributed by atoms with Crippen molar-refractivity contribution in [3.05, 3.63) is 131 Å². The van der Waals surface area contributed by atoms with Crippen LogP contribution in [-0.4, -0.2) is 25.4 Å². The van der Waals surface area contributed by atoms with Gasteiger partial charge in [0.25, 0.3) is 0 Å². The molecule has 1 saturated heterocycles. The first-order chi connectivity index (χ1) is 21.4. The van der Waals surface area contributed by atoms with Crippen LogP contribution in [-0.2, 0) is 30.4 Å². The smallest absolute Gasteiger partial charge is 0.416 e. The maximum Gasteiger partial charge on any atom is 0.416 e. The van der Waals surface area contributed by atoms with Crippen LogP contribution in [0.4, 0.5) is 18.9 Å². The second-order valence-corrected chi connectivity index (χ2v) is 11.8. The van der Waals surface area contributed by atoms with Gasteiger partial charge in [-0.25, -0.2) is 0 Å². The summed E-state index contributed by atoms with van der Waals surface area (Å²) in [5, 5.41) is 3.57. The molecule has 4 nitrogen and oxygen atoms in total. The Hall–Kier alpha value is -3.81. The number of nitrogens with zero attached hydrogens (tertiary/aromatic N) is 1. The fourth-order valence-corrected chi connectivity index (χ4v) is 6.40. The van der Waals surface area contributed by atoms with Crippen LogP contribution in [0.2, 0.25) is 0 Å². The van der Waals surface area contributed by atoms with Crippen LogP contribution in [0.15, 0.2) is 103 Å². The lowest BCUT2D eigenvalue weighted by atomic mass is 9.87. The van der Waals surface area contributed by atoms with Crippen molar-refractivity contribution in [3.8, 4) is 5.75 Å². The Kier molecular flexibility index (Phi) is 9.53. The van der Waals surface area contributed by atoms with Gasteiger partial charge in [0.15, 0.2) is 0 Å². The number of nitrogens with one attached hydrogen (secondary N) is 1. The highest BCUT2D eigenvalue weighted by atomic mass is 19.4. The molecule has 44 heavy (non-hydrogen) atoms. The van der Waals surface area contributed by atoms with E-state index in [1.807, 2.05) is 54.6 Å². The lowest BCUT2D eigenvalue weighted by Gasteiger charge is -2.45. The van der Waals surface area contributed by atoms with Crippen molar-refractivity contribution in [2.24, 2.45) is 0 Å². The molecule has 0 spiro atoms. The number of ether oxygens (including phenoxy) is 2. The third-order valence-corrected chi connectivity index (χ3v) is 8.73. The van der Waals surface area contributed by atoms with Crippen molar-refractivity contribution in [1.29, 1.82) is 0 Å². The number of anilines is 1. The predicted octanol–water partition coefficient (Wildman–Crippen LogP) is 8.51. The van der Waals surface area contributed by atoms with E-state index in [1.165, 1.54) is 24.8 Å². The average Bonchev–Trinajstić information content (AvgIpc) is 3.05. The second-order valence-electron chi connectivity index (χ2n) is 11.8. The van der Waals surface area contributed by atoms with Crippen molar-refractivity contribution >= 4 is 5.69 Å². The fraction of sp³-hybridized carbons (Fsp3) is 0.351. The highest BCUT2D eigenvalue weighted by Gasteiger charge is 2.36. The molecule has 0 bridgehead atoms. The summed E-state index contributed by atoms with van der Waals surface area (Å²) in [6.45, 7) is 2.17. The quantitative estimate of drug-likeness (QED) is 0.198. The van der Waals surface area contributed by atoms with Crippen molar-refractivity contribution < 1.29 is 22.6 Å². The van der Waals surface area contributed by atoms with Crippen LogP contribution < -0.4 is 15.0 Å². The van der Waals surface area contributed by atoms with Gasteiger partial charge >= 0.3 is 6.18 Å². The van der Waals surface area contributed by atoms with E-state index in [4.69, 9.17) is 9.47 Å². The number of benzene rings is 4. The summed E-state index contributed by atoms with van der Waals surface area (Å²) in [5.74, 6) is 0.845. The Morgan fingerprint density at radius 1 is 0.795 bits per heavy atom. The van der Waals surface area contributed by atoms with E-state index in [0.717, 1.165) is 47.5 Å². The summed E-state index contributed by atoms with van der Waals surface area (Å²) in [6, 6.07) is 32.4. The molecule has 6 rings (SSSR count). The first kappa shape index (κ1) is 30.2. The van der Waals surface area contributed by atoms with Crippen LogP contribution in [0.5, 0.6) is 5.75 Å². The normalized spacial score (nSPS) is 20.2. The number of halogens is 3. The number of hydrogen-bond acceptors (Lipinski definition) is 4. The van der Waals surface area contributed by atoms with Crippen molar-refractivity contribution in [2.45, 2.75) is 69.6 Å². The second kappa shape index (κ2) is 13.9. The van der Waals surface area contributed by atoms with Gasteiger partial charge in [-0.1, -0.05) is 73.2 Å². The molecule has 4 aromatic carbocycles. The molecule has 2 heterocycles. The van der Waals surface area contributed by atoms with E-state index in [-0.39, 0.29) is 12.3 Å². The highest BCUT2D eigenvalue weighted by molar-refractivity contribution is 5.55. The zero-order valence-corrected chi connectivity index (χ0v) is 24.8. The summed E-state index contributed by atoms with van der Waals surface area (Å²) in [6.07, 6.45) is 1.26. The number of fused-ring (bicyclic) bond motifs is 1. The minimum Gasteiger partial charge on any atom is -0.494 e. The molecule has 1 fully saturated rings. The lowest BCUT2D eigenvalue weighted by Crippen LogP contribution is -2.46. The van der Waals surface area contributed by atoms with Crippen LogP contribution >= 0.6 is 0 Å². The molecule has 0 amide bonds. The maximum absolute atomic E-state index is 13.5. The Morgan fingerprint density at radius 3 is 2.27 bits per heavy atom. The van der Waals surface area contributed by atoms with Gasteiger partial charge in [0.05, 0.1) is 24.8 Å². The van der Waals surface area contributed by atoms with Crippen LogP contribution in [0.3, 0.4) is 0 Å². The fourth-order valence-electron chi connectivity index (χ4n) is 6.40. The van der Waals surface area contributed by atoms with E-state index < -0.39 is 11.7 Å². The van der Waals surface area contributed by atoms with Gasteiger partial charge in [-0.2, -0.15) is 13.2 Å². The molecule has 230 valence electrons. The van der Waals surface area contributed by atoms with Crippen LogP contribution in [0, 0.1) is 0 Å². The molecule has 2 aliphatic rings. The number of hydrogen-bond donors (Lipinski definition) is 1. The molecular weight excluding hydrogens is 561 g/mol. The molecular formula is C37H39F3N2O2. The summed E-state index contributed by atoms with van der Waals surface area (Å²) in [7, 11) is 0. The van der Waals surface area contributed by atoms with Crippen molar-refractivity contribution in [1.82, 2.24) is 5.32 Å². The Balaban J connectivity index is 1.25. The molecule has 0 aliphatic carbocycles. The lowest BCUT2D eigenvalue weighted by molar-refractivity contribution is -0.137. The Morgan fingerprint density at radius 2 is 1.55 bits per heavy atom. The molecule has 4 aromatic rings. The third-order valence-electron chi connectivity index (χ3n) is 8.73. The third kappa shape index (κ3) is 7.45. The van der Waals surface area contributed by atoms with Gasteiger partial charge in [0.1, 0.15) is 12.0 Å². The minimum absolute atomic E-state index is 0.137. The first-order valence-corrected chi connectivity index (χ1v) is 15.6. The van der Waals surface area contributed by atoms with Gasteiger partial charge < -0.3 is 19.7 Å². The monoisotopic (exact) mass is 600 g/mol. The predicted molar refractivity (Wildman–Crippen MR) is 168 cm³/mol. The summed E-state index contributed by atoms with van der Waals surface area (Å²) in [4.78, 5) is 2.16. The average molecular weight is 601 g/mol. The highest BCUT2D eigenvalue weighted by Crippen LogP contribution is 2.41. The van der Waals surface area contributed by atoms with Crippen molar-refractivity contribution in [2.75, 3.05) is 18.1 Å². The molecule has 7 heteroatoms. The summed E-state index contributed by atoms with van der Waals surface area (Å²) >= 11 is 0. The Labute approximate surface area is 257 Å². The maximum atomic E-state index is 13.5. The topological polar surface area (TPSA) is 33.7 Å². The number of rotatable bonds is 10. The standard InChI is InChI=1S/C37H39F3N2O2/c38-37(39,40)30-15-17-32(18-16-30)42-35(24-27-13-19-33(20-14-27)43-23-21-31-11-6-7-22-41-31)34-12-5-4-10-29(34)25-36(42)44-26-28-8-2-1-3-9-28/h1-5,8-10,12-20,31,35-36,41H,6-7,11,21-26H2. The zero-order valence-electron chi connectivity index (χ0n) is 24.8.